The average molecular weight is 439 g/mol. The highest BCUT2D eigenvalue weighted by Gasteiger charge is 2.43. The zero-order valence-corrected chi connectivity index (χ0v) is 17.6. The van der Waals surface area contributed by atoms with Gasteiger partial charge in [0.2, 0.25) is 0 Å². The van der Waals surface area contributed by atoms with E-state index in [0.717, 1.165) is 28.7 Å². The van der Waals surface area contributed by atoms with Crippen LogP contribution in [-0.2, 0) is 4.74 Å². The Bertz CT molecular complexity index is 1060. The molecule has 0 aromatic heterocycles. The van der Waals surface area contributed by atoms with Crippen LogP contribution in [0, 0.1) is 0 Å². The molecule has 2 atom stereocenters. The van der Waals surface area contributed by atoms with Crippen LogP contribution in [0.5, 0.6) is 0 Å². The fourth-order valence-electron chi connectivity index (χ4n) is 5.39. The molecule has 5 rings (SSSR count). The number of hydrogen-bond donors (Lipinski definition) is 0. The minimum atomic E-state index is -4.45. The second-order valence-electron chi connectivity index (χ2n) is 8.74. The van der Waals surface area contributed by atoms with Gasteiger partial charge in [-0.25, -0.2) is 4.79 Å². The molecule has 2 aromatic rings. The van der Waals surface area contributed by atoms with Crippen molar-refractivity contribution < 1.29 is 22.7 Å². The lowest BCUT2D eigenvalue weighted by atomic mass is 9.83. The normalized spacial score (nSPS) is 22.1. The smallest absolute Gasteiger partial charge is 0.416 e. The van der Waals surface area contributed by atoms with Crippen LogP contribution in [0.2, 0.25) is 0 Å². The number of benzene rings is 2. The second kappa shape index (κ2) is 7.84. The number of halogens is 3. The summed E-state index contributed by atoms with van der Waals surface area (Å²) in [6, 6.07) is 15.5. The van der Waals surface area contributed by atoms with Gasteiger partial charge < -0.3 is 4.74 Å². The number of carbonyl (C=O) groups excluding carboxylic acids is 1. The molecule has 2 unspecified atom stereocenters. The predicted octanol–water partition coefficient (Wildman–Crippen LogP) is 6.61. The summed E-state index contributed by atoms with van der Waals surface area (Å²) in [5, 5.41) is 0. The number of piperidine rings is 1. The fraction of sp³-hybridized carbons (Fsp3) is 0.346. The van der Waals surface area contributed by atoms with Crippen LogP contribution in [0.3, 0.4) is 0 Å². The summed E-state index contributed by atoms with van der Waals surface area (Å²) >= 11 is 0. The van der Waals surface area contributed by atoms with Gasteiger partial charge in [-0.05, 0) is 53.5 Å². The summed E-state index contributed by atoms with van der Waals surface area (Å²) in [6.07, 6.45) is -0.990. The minimum Gasteiger partial charge on any atom is -0.448 e. The molecule has 2 heterocycles. The van der Waals surface area contributed by atoms with E-state index < -0.39 is 17.8 Å². The number of alkyl halides is 3. The number of rotatable bonds is 3. The molecule has 3 nitrogen and oxygen atoms in total. The fourth-order valence-corrected chi connectivity index (χ4v) is 5.39. The van der Waals surface area contributed by atoms with Gasteiger partial charge in [-0.2, -0.15) is 13.2 Å². The largest absolute Gasteiger partial charge is 0.448 e. The van der Waals surface area contributed by atoms with Crippen LogP contribution < -0.4 is 0 Å². The first-order valence-corrected chi connectivity index (χ1v) is 10.9. The average Bonchev–Trinajstić information content (AvgIpc) is 3.09. The van der Waals surface area contributed by atoms with Crippen molar-refractivity contribution in [2.75, 3.05) is 6.61 Å². The SMILES string of the molecule is C=C(C1=CC2CCCC(C1)N2C(=O)OCC1c2ccccc2-c2ccccc21)C(F)(F)F. The van der Waals surface area contributed by atoms with Gasteiger partial charge in [0.1, 0.15) is 6.61 Å². The number of amides is 1. The second-order valence-corrected chi connectivity index (χ2v) is 8.74. The van der Waals surface area contributed by atoms with E-state index in [1.165, 1.54) is 0 Å². The number of hydrogen-bond acceptors (Lipinski definition) is 2. The molecule has 2 bridgehead atoms. The Morgan fingerprint density at radius 2 is 1.66 bits per heavy atom. The highest BCUT2D eigenvalue weighted by atomic mass is 19.4. The monoisotopic (exact) mass is 439 g/mol. The predicted molar refractivity (Wildman–Crippen MR) is 116 cm³/mol. The molecule has 1 aliphatic carbocycles. The Hall–Kier alpha value is -3.02. The third-order valence-corrected chi connectivity index (χ3v) is 6.91. The Labute approximate surface area is 185 Å². The van der Waals surface area contributed by atoms with E-state index in [4.69, 9.17) is 4.74 Å². The molecule has 2 aliphatic heterocycles. The van der Waals surface area contributed by atoms with Crippen molar-refractivity contribution >= 4 is 6.09 Å². The standard InChI is InChI=1S/C26H24F3NO2/c1-16(26(27,28)29)17-13-18-7-6-8-19(14-17)30(18)25(31)32-15-24-22-11-4-2-9-20(22)21-10-3-5-12-23(21)24/h2-5,9-13,18-19,24H,1,6-8,14-15H2. The summed E-state index contributed by atoms with van der Waals surface area (Å²) in [7, 11) is 0. The van der Waals surface area contributed by atoms with Crippen molar-refractivity contribution in [3.63, 3.8) is 0 Å². The topological polar surface area (TPSA) is 29.5 Å². The van der Waals surface area contributed by atoms with Gasteiger partial charge >= 0.3 is 12.3 Å². The zero-order chi connectivity index (χ0) is 22.5. The molecular weight excluding hydrogens is 415 g/mol. The van der Waals surface area contributed by atoms with Gasteiger partial charge in [0.15, 0.2) is 0 Å². The van der Waals surface area contributed by atoms with Gasteiger partial charge in [-0.1, -0.05) is 61.2 Å². The van der Waals surface area contributed by atoms with Crippen LogP contribution in [-0.4, -0.2) is 35.9 Å². The van der Waals surface area contributed by atoms with Crippen LogP contribution in [0.25, 0.3) is 11.1 Å². The first-order valence-electron chi connectivity index (χ1n) is 10.9. The van der Waals surface area contributed by atoms with E-state index in [0.29, 0.717) is 12.8 Å². The molecule has 1 amide bonds. The number of fused-ring (bicyclic) bond motifs is 5. The highest BCUT2D eigenvalue weighted by Crippen LogP contribution is 2.45. The minimum absolute atomic E-state index is 0.0490. The van der Waals surface area contributed by atoms with Crippen molar-refractivity contribution in [3.05, 3.63) is 83.5 Å². The Morgan fingerprint density at radius 1 is 1.03 bits per heavy atom. The van der Waals surface area contributed by atoms with E-state index >= 15 is 0 Å². The molecule has 0 radical (unpaired) electrons. The lowest BCUT2D eigenvalue weighted by Crippen LogP contribution is -2.52. The molecule has 0 N–H and O–H groups in total. The van der Waals surface area contributed by atoms with Gasteiger partial charge in [0.05, 0.1) is 11.6 Å². The maximum Gasteiger partial charge on any atom is 0.416 e. The van der Waals surface area contributed by atoms with E-state index in [1.807, 2.05) is 24.3 Å². The van der Waals surface area contributed by atoms with Crippen LogP contribution in [0.1, 0.15) is 42.7 Å². The number of nitrogens with zero attached hydrogens (tertiary/aromatic N) is 1. The number of allylic oxidation sites excluding steroid dienone is 1. The molecule has 3 aliphatic rings. The maximum absolute atomic E-state index is 13.2. The zero-order valence-electron chi connectivity index (χ0n) is 17.6. The number of carbonyl (C=O) groups is 1. The Kier molecular flexibility index (Phi) is 5.11. The summed E-state index contributed by atoms with van der Waals surface area (Å²) in [5.74, 6) is -0.0490. The van der Waals surface area contributed by atoms with Crippen LogP contribution in [0.4, 0.5) is 18.0 Å². The lowest BCUT2D eigenvalue weighted by Gasteiger charge is -2.44. The third kappa shape index (κ3) is 3.51. The van der Waals surface area contributed by atoms with E-state index in [2.05, 4.69) is 30.8 Å². The van der Waals surface area contributed by atoms with Crippen LogP contribution in [0.15, 0.2) is 72.3 Å². The summed E-state index contributed by atoms with van der Waals surface area (Å²) in [5.41, 5.74) is 3.96. The van der Waals surface area contributed by atoms with E-state index in [9.17, 15) is 18.0 Å². The molecule has 1 fully saturated rings. The highest BCUT2D eigenvalue weighted by molar-refractivity contribution is 5.79. The maximum atomic E-state index is 13.2. The molecular formula is C26H24F3NO2. The number of ether oxygens (including phenoxy) is 1. The Balaban J connectivity index is 1.34. The van der Waals surface area contributed by atoms with Gasteiger partial charge in [0, 0.05) is 12.0 Å². The van der Waals surface area contributed by atoms with Gasteiger partial charge in [0.25, 0.3) is 0 Å². The van der Waals surface area contributed by atoms with Crippen molar-refractivity contribution in [2.24, 2.45) is 0 Å². The molecule has 6 heteroatoms. The van der Waals surface area contributed by atoms with E-state index in [-0.39, 0.29) is 36.6 Å². The van der Waals surface area contributed by atoms with Crippen molar-refractivity contribution in [3.8, 4) is 11.1 Å². The van der Waals surface area contributed by atoms with Crippen molar-refractivity contribution in [2.45, 2.75) is 49.9 Å². The summed E-state index contributed by atoms with van der Waals surface area (Å²) in [4.78, 5) is 14.7. The first kappa shape index (κ1) is 20.9. The van der Waals surface area contributed by atoms with Crippen molar-refractivity contribution in [1.82, 2.24) is 4.90 Å². The first-order chi connectivity index (χ1) is 15.3. The Morgan fingerprint density at radius 3 is 2.25 bits per heavy atom. The van der Waals surface area contributed by atoms with E-state index in [1.54, 1.807) is 11.0 Å². The molecule has 166 valence electrons. The van der Waals surface area contributed by atoms with Gasteiger partial charge in [-0.3, -0.25) is 4.90 Å². The lowest BCUT2D eigenvalue weighted by molar-refractivity contribution is -0.0897. The third-order valence-electron chi connectivity index (χ3n) is 6.91. The van der Waals surface area contributed by atoms with Crippen LogP contribution >= 0.6 is 0 Å². The van der Waals surface area contributed by atoms with Crippen molar-refractivity contribution in [1.29, 1.82) is 0 Å². The molecule has 2 aromatic carbocycles. The van der Waals surface area contributed by atoms with Gasteiger partial charge in [-0.15, -0.1) is 0 Å². The molecule has 0 spiro atoms. The quantitative estimate of drug-likeness (QED) is 0.539. The summed E-state index contributed by atoms with van der Waals surface area (Å²) < 4.78 is 45.3. The molecule has 32 heavy (non-hydrogen) atoms. The molecule has 1 saturated heterocycles. The molecule has 0 saturated carbocycles. The summed E-state index contributed by atoms with van der Waals surface area (Å²) in [6.45, 7) is 3.45.